The maximum atomic E-state index is 11.2. The zero-order valence-corrected chi connectivity index (χ0v) is 12.7. The number of aryl methyl sites for hydroxylation is 1. The van der Waals surface area contributed by atoms with Crippen molar-refractivity contribution >= 4 is 23.1 Å². The van der Waals surface area contributed by atoms with Gasteiger partial charge in [-0.3, -0.25) is 0 Å². The zero-order chi connectivity index (χ0) is 15.5. The number of benzene rings is 1. The molecular formula is C15H21N5O2. The molecule has 0 bridgehead atoms. The Hall–Kier alpha value is -2.28. The number of nitrogens with one attached hydrogen (secondary N) is 2. The van der Waals surface area contributed by atoms with Crippen LogP contribution in [0, 0.1) is 0 Å². The van der Waals surface area contributed by atoms with Gasteiger partial charge in [-0.1, -0.05) is 13.0 Å². The van der Waals surface area contributed by atoms with Crippen LogP contribution in [0.3, 0.4) is 0 Å². The number of anilines is 1. The molecule has 22 heavy (non-hydrogen) atoms. The summed E-state index contributed by atoms with van der Waals surface area (Å²) < 4.78 is 5.20. The third-order valence-corrected chi connectivity index (χ3v) is 3.90. The molecule has 0 radical (unpaired) electrons. The lowest BCUT2D eigenvalue weighted by Crippen LogP contribution is -2.28. The summed E-state index contributed by atoms with van der Waals surface area (Å²) in [5.74, 6) is 1.27. The van der Waals surface area contributed by atoms with Crippen LogP contribution in [0.1, 0.15) is 18.9 Å². The summed E-state index contributed by atoms with van der Waals surface area (Å²) in [5.41, 5.74) is 7.62. The van der Waals surface area contributed by atoms with Gasteiger partial charge in [0.1, 0.15) is 5.52 Å². The van der Waals surface area contributed by atoms with Crippen molar-refractivity contribution in [3.05, 3.63) is 17.7 Å². The number of fused-ring (bicyclic) bond motifs is 1. The zero-order valence-electron chi connectivity index (χ0n) is 12.7. The number of carbonyl (C=O) groups excluding carboxylic acids is 1. The summed E-state index contributed by atoms with van der Waals surface area (Å²) in [7, 11) is 0. The van der Waals surface area contributed by atoms with E-state index >= 15 is 0 Å². The Bertz CT molecular complexity index is 674. The van der Waals surface area contributed by atoms with E-state index in [1.165, 1.54) is 0 Å². The van der Waals surface area contributed by atoms with Crippen LogP contribution in [0.2, 0.25) is 0 Å². The highest BCUT2D eigenvalue weighted by Gasteiger charge is 2.18. The van der Waals surface area contributed by atoms with Crippen LogP contribution in [-0.2, 0) is 6.42 Å². The molecule has 0 aliphatic carbocycles. The Kier molecular flexibility index (Phi) is 4.15. The molecule has 2 heterocycles. The van der Waals surface area contributed by atoms with E-state index in [-0.39, 0.29) is 0 Å². The van der Waals surface area contributed by atoms with E-state index in [1.807, 2.05) is 19.1 Å². The van der Waals surface area contributed by atoms with Crippen LogP contribution in [-0.4, -0.2) is 42.2 Å². The standard InChI is InChI=1S/C15H21N5O2/c1-2-10-4-5-11-12(13(10)22-14(16)21)19-15(18-11)20-8-3-6-17-7-9-20/h4-5,17H,2-3,6-9H2,1H3,(H2,16,21)(H,18,19). The molecule has 118 valence electrons. The lowest BCUT2D eigenvalue weighted by molar-refractivity contribution is 0.211. The third-order valence-electron chi connectivity index (χ3n) is 3.90. The summed E-state index contributed by atoms with van der Waals surface area (Å²) >= 11 is 0. The summed E-state index contributed by atoms with van der Waals surface area (Å²) in [5, 5.41) is 3.37. The Labute approximate surface area is 128 Å². The van der Waals surface area contributed by atoms with Gasteiger partial charge < -0.3 is 25.7 Å². The normalized spacial score (nSPS) is 15.8. The number of amides is 1. The molecule has 1 aliphatic heterocycles. The van der Waals surface area contributed by atoms with Crippen molar-refractivity contribution in [2.24, 2.45) is 5.73 Å². The molecule has 0 spiro atoms. The van der Waals surface area contributed by atoms with Crippen LogP contribution in [0.25, 0.3) is 11.0 Å². The average Bonchev–Trinajstić information content (AvgIpc) is 2.75. The van der Waals surface area contributed by atoms with Gasteiger partial charge in [-0.25, -0.2) is 9.78 Å². The first-order chi connectivity index (χ1) is 10.7. The minimum atomic E-state index is -0.814. The molecule has 3 rings (SSSR count). The van der Waals surface area contributed by atoms with Gasteiger partial charge in [-0.2, -0.15) is 0 Å². The molecule has 0 atom stereocenters. The van der Waals surface area contributed by atoms with Gasteiger partial charge in [-0.05, 0) is 31.0 Å². The van der Waals surface area contributed by atoms with Gasteiger partial charge in [0.15, 0.2) is 5.75 Å². The fraction of sp³-hybridized carbons (Fsp3) is 0.467. The molecule has 1 aromatic heterocycles. The predicted molar refractivity (Wildman–Crippen MR) is 85.4 cm³/mol. The summed E-state index contributed by atoms with van der Waals surface area (Å²) in [6, 6.07) is 3.90. The number of primary amides is 1. The topological polar surface area (TPSA) is 96.3 Å². The van der Waals surface area contributed by atoms with E-state index in [9.17, 15) is 4.79 Å². The van der Waals surface area contributed by atoms with Crippen LogP contribution in [0.5, 0.6) is 5.75 Å². The first kappa shape index (κ1) is 14.6. The molecule has 1 fully saturated rings. The number of ether oxygens (including phenoxy) is 1. The van der Waals surface area contributed by atoms with Crippen molar-refractivity contribution in [3.8, 4) is 5.75 Å². The van der Waals surface area contributed by atoms with E-state index in [2.05, 4.69) is 20.2 Å². The van der Waals surface area contributed by atoms with Crippen molar-refractivity contribution in [1.82, 2.24) is 15.3 Å². The van der Waals surface area contributed by atoms with E-state index in [1.54, 1.807) is 0 Å². The number of nitrogens with two attached hydrogens (primary N) is 1. The van der Waals surface area contributed by atoms with Crippen LogP contribution in [0.15, 0.2) is 12.1 Å². The number of rotatable bonds is 3. The fourth-order valence-corrected chi connectivity index (χ4v) is 2.78. The number of aromatic nitrogens is 2. The van der Waals surface area contributed by atoms with E-state index in [0.717, 1.165) is 56.0 Å². The van der Waals surface area contributed by atoms with Crippen LogP contribution >= 0.6 is 0 Å². The Balaban J connectivity index is 2.02. The number of hydrogen-bond acceptors (Lipinski definition) is 5. The number of aromatic amines is 1. The van der Waals surface area contributed by atoms with E-state index < -0.39 is 6.09 Å². The molecule has 0 unspecified atom stereocenters. The van der Waals surface area contributed by atoms with Gasteiger partial charge in [0, 0.05) is 19.6 Å². The molecule has 4 N–H and O–H groups in total. The molecule has 7 nitrogen and oxygen atoms in total. The van der Waals surface area contributed by atoms with Crippen molar-refractivity contribution in [2.75, 3.05) is 31.1 Å². The first-order valence-corrected chi connectivity index (χ1v) is 7.63. The minimum Gasteiger partial charge on any atom is -0.408 e. The predicted octanol–water partition coefficient (Wildman–Crippen LogP) is 1.38. The van der Waals surface area contributed by atoms with Gasteiger partial charge >= 0.3 is 6.09 Å². The Morgan fingerprint density at radius 3 is 3.05 bits per heavy atom. The second kappa shape index (κ2) is 6.23. The summed E-state index contributed by atoms with van der Waals surface area (Å²) in [4.78, 5) is 21.3. The number of hydrogen-bond donors (Lipinski definition) is 3. The molecular weight excluding hydrogens is 282 g/mol. The van der Waals surface area contributed by atoms with Gasteiger partial charge in [0.05, 0.1) is 5.52 Å². The highest BCUT2D eigenvalue weighted by molar-refractivity contribution is 5.87. The quantitative estimate of drug-likeness (QED) is 0.796. The SMILES string of the molecule is CCc1ccc2[nH]c(N3CCCNCC3)nc2c1OC(N)=O. The molecule has 7 heteroatoms. The maximum absolute atomic E-state index is 11.2. The summed E-state index contributed by atoms with van der Waals surface area (Å²) in [6.45, 7) is 5.80. The smallest absolute Gasteiger partial charge is 0.408 e. The van der Waals surface area contributed by atoms with Gasteiger partial charge in [0.2, 0.25) is 5.95 Å². The van der Waals surface area contributed by atoms with Crippen molar-refractivity contribution < 1.29 is 9.53 Å². The molecule has 0 saturated carbocycles. The van der Waals surface area contributed by atoms with Crippen molar-refractivity contribution in [2.45, 2.75) is 19.8 Å². The van der Waals surface area contributed by atoms with Crippen molar-refractivity contribution in [1.29, 1.82) is 0 Å². The Morgan fingerprint density at radius 2 is 2.27 bits per heavy atom. The Morgan fingerprint density at radius 1 is 1.41 bits per heavy atom. The number of H-pyrrole nitrogens is 1. The maximum Gasteiger partial charge on any atom is 0.410 e. The van der Waals surface area contributed by atoms with Gasteiger partial charge in [0.25, 0.3) is 0 Å². The molecule has 2 aromatic rings. The second-order valence-corrected chi connectivity index (χ2v) is 5.38. The third kappa shape index (κ3) is 2.85. The summed E-state index contributed by atoms with van der Waals surface area (Å²) in [6.07, 6.45) is 1.00. The highest BCUT2D eigenvalue weighted by Crippen LogP contribution is 2.31. The molecule has 1 aromatic carbocycles. The van der Waals surface area contributed by atoms with Gasteiger partial charge in [-0.15, -0.1) is 0 Å². The number of carbonyl (C=O) groups is 1. The number of imidazole rings is 1. The molecule has 1 saturated heterocycles. The van der Waals surface area contributed by atoms with E-state index in [0.29, 0.717) is 11.3 Å². The lowest BCUT2D eigenvalue weighted by atomic mass is 10.1. The highest BCUT2D eigenvalue weighted by atomic mass is 16.5. The van der Waals surface area contributed by atoms with E-state index in [4.69, 9.17) is 10.5 Å². The first-order valence-electron chi connectivity index (χ1n) is 7.63. The monoisotopic (exact) mass is 303 g/mol. The van der Waals surface area contributed by atoms with Crippen LogP contribution in [0.4, 0.5) is 10.7 Å². The second-order valence-electron chi connectivity index (χ2n) is 5.38. The molecule has 1 amide bonds. The number of nitrogens with zero attached hydrogens (tertiary/aromatic N) is 2. The largest absolute Gasteiger partial charge is 0.410 e. The minimum absolute atomic E-state index is 0.461. The fourth-order valence-electron chi connectivity index (χ4n) is 2.78. The van der Waals surface area contributed by atoms with Crippen molar-refractivity contribution in [3.63, 3.8) is 0 Å². The van der Waals surface area contributed by atoms with Crippen LogP contribution < -0.4 is 20.7 Å². The average molecular weight is 303 g/mol. The lowest BCUT2D eigenvalue weighted by Gasteiger charge is -2.18. The molecule has 1 aliphatic rings.